The van der Waals surface area contributed by atoms with Crippen molar-refractivity contribution < 1.29 is 4.79 Å². The van der Waals surface area contributed by atoms with Gasteiger partial charge >= 0.3 is 0 Å². The van der Waals surface area contributed by atoms with Crippen LogP contribution < -0.4 is 0 Å². The van der Waals surface area contributed by atoms with E-state index in [4.69, 9.17) is 0 Å². The Balaban J connectivity index is 1.62. The van der Waals surface area contributed by atoms with Gasteiger partial charge < -0.3 is 9.80 Å². The zero-order valence-corrected chi connectivity index (χ0v) is 15.7. The maximum Gasteiger partial charge on any atom is 0.233 e. The van der Waals surface area contributed by atoms with Gasteiger partial charge in [0.1, 0.15) is 0 Å². The van der Waals surface area contributed by atoms with Gasteiger partial charge in [0, 0.05) is 30.4 Å². The molecule has 0 saturated carbocycles. The van der Waals surface area contributed by atoms with Crippen LogP contribution in [0.4, 0.5) is 0 Å². The predicted octanol–water partition coefficient (Wildman–Crippen LogP) is 3.60. The van der Waals surface area contributed by atoms with E-state index < -0.39 is 0 Å². The molecule has 0 bridgehead atoms. The zero-order chi connectivity index (χ0) is 17.6. The molecular weight excluding hydrogens is 330 g/mol. The van der Waals surface area contributed by atoms with Crippen LogP contribution in [0.1, 0.15) is 30.0 Å². The second-order valence-corrected chi connectivity index (χ2v) is 7.74. The van der Waals surface area contributed by atoms with Crippen LogP contribution in [0.25, 0.3) is 0 Å². The molecule has 2 heterocycles. The Kier molecular flexibility index (Phi) is 6.10. The number of hydrogen-bond acceptors (Lipinski definition) is 4. The molecule has 2 aromatic rings. The Morgan fingerprint density at radius 3 is 2.60 bits per heavy atom. The molecule has 1 fully saturated rings. The minimum Gasteiger partial charge on any atom is -0.335 e. The van der Waals surface area contributed by atoms with E-state index >= 15 is 0 Å². The van der Waals surface area contributed by atoms with Gasteiger partial charge in [-0.1, -0.05) is 24.3 Å². The van der Waals surface area contributed by atoms with Crippen LogP contribution >= 0.6 is 11.8 Å². The van der Waals surface area contributed by atoms with Gasteiger partial charge in [0.05, 0.1) is 11.8 Å². The van der Waals surface area contributed by atoms with Gasteiger partial charge in [0.25, 0.3) is 0 Å². The molecule has 5 heteroatoms. The van der Waals surface area contributed by atoms with Crippen molar-refractivity contribution in [3.8, 4) is 0 Å². The van der Waals surface area contributed by atoms with Crippen molar-refractivity contribution in [1.82, 2.24) is 14.8 Å². The average molecular weight is 356 g/mol. The number of aromatic nitrogens is 1. The van der Waals surface area contributed by atoms with Crippen LogP contribution in [0, 0.1) is 0 Å². The fraction of sp³-hybridized carbons (Fsp3) is 0.400. The third-order valence-corrected chi connectivity index (χ3v) is 5.45. The molecular formula is C20H25N3OS. The maximum atomic E-state index is 12.7. The number of nitrogens with zero attached hydrogens (tertiary/aromatic N) is 3. The molecule has 0 aliphatic carbocycles. The van der Waals surface area contributed by atoms with Crippen molar-refractivity contribution in [3.63, 3.8) is 0 Å². The first-order valence-corrected chi connectivity index (χ1v) is 9.68. The number of rotatable bonds is 6. The molecule has 1 aliphatic heterocycles. The predicted molar refractivity (Wildman–Crippen MR) is 102 cm³/mol. The summed E-state index contributed by atoms with van der Waals surface area (Å²) in [7, 11) is 4.15. The third kappa shape index (κ3) is 4.83. The molecule has 4 nitrogen and oxygen atoms in total. The number of likely N-dealkylation sites (tertiary alicyclic amines) is 1. The second-order valence-electron chi connectivity index (χ2n) is 6.70. The summed E-state index contributed by atoms with van der Waals surface area (Å²) in [6.07, 6.45) is 5.66. The molecule has 0 spiro atoms. The van der Waals surface area contributed by atoms with Crippen LogP contribution in [0.2, 0.25) is 0 Å². The summed E-state index contributed by atoms with van der Waals surface area (Å²) in [6.45, 7) is 1.80. The summed E-state index contributed by atoms with van der Waals surface area (Å²) in [6, 6.07) is 12.9. The normalized spacial score (nSPS) is 17.2. The molecule has 0 radical (unpaired) electrons. The molecule has 132 valence electrons. The van der Waals surface area contributed by atoms with Crippen molar-refractivity contribution in [2.45, 2.75) is 30.3 Å². The minimum absolute atomic E-state index is 0.221. The third-order valence-electron chi connectivity index (χ3n) is 4.45. The molecule has 1 atom stereocenters. The van der Waals surface area contributed by atoms with Crippen molar-refractivity contribution in [3.05, 3.63) is 59.9 Å². The highest BCUT2D eigenvalue weighted by Gasteiger charge is 2.29. The van der Waals surface area contributed by atoms with E-state index in [9.17, 15) is 4.79 Å². The summed E-state index contributed by atoms with van der Waals surface area (Å²) < 4.78 is 0. The van der Waals surface area contributed by atoms with Crippen molar-refractivity contribution in [2.75, 3.05) is 26.4 Å². The zero-order valence-electron chi connectivity index (χ0n) is 14.9. The number of benzene rings is 1. The molecule has 1 aliphatic rings. The Labute approximate surface area is 154 Å². The van der Waals surface area contributed by atoms with E-state index in [1.165, 1.54) is 11.1 Å². The van der Waals surface area contributed by atoms with Gasteiger partial charge in [-0.15, -0.1) is 11.8 Å². The van der Waals surface area contributed by atoms with E-state index in [0.717, 1.165) is 30.8 Å². The first-order valence-electron chi connectivity index (χ1n) is 8.69. The highest BCUT2D eigenvalue weighted by molar-refractivity contribution is 8.00. The van der Waals surface area contributed by atoms with E-state index in [2.05, 4.69) is 53.1 Å². The monoisotopic (exact) mass is 355 g/mol. The summed E-state index contributed by atoms with van der Waals surface area (Å²) in [5.41, 5.74) is 2.56. The Morgan fingerprint density at radius 2 is 1.92 bits per heavy atom. The fourth-order valence-corrected chi connectivity index (χ4v) is 4.05. The fourth-order valence-electron chi connectivity index (χ4n) is 3.28. The van der Waals surface area contributed by atoms with Gasteiger partial charge in [-0.2, -0.15) is 0 Å². The molecule has 1 amide bonds. The van der Waals surface area contributed by atoms with E-state index in [1.807, 2.05) is 12.1 Å². The van der Waals surface area contributed by atoms with Gasteiger partial charge in [0.2, 0.25) is 5.91 Å². The van der Waals surface area contributed by atoms with Crippen LogP contribution in [-0.2, 0) is 11.3 Å². The smallest absolute Gasteiger partial charge is 0.233 e. The molecule has 1 aromatic heterocycles. The highest BCUT2D eigenvalue weighted by atomic mass is 32.2. The lowest BCUT2D eigenvalue weighted by Gasteiger charge is -2.25. The SMILES string of the molecule is CN(C)Cc1ccc(C2CCCN2C(=O)CSc2ccncc2)cc1. The van der Waals surface area contributed by atoms with Gasteiger partial charge in [0.15, 0.2) is 0 Å². The summed E-state index contributed by atoms with van der Waals surface area (Å²) in [5.74, 6) is 0.709. The Bertz CT molecular complexity index is 688. The topological polar surface area (TPSA) is 36.4 Å². The Morgan fingerprint density at radius 1 is 1.20 bits per heavy atom. The van der Waals surface area contributed by atoms with E-state index in [-0.39, 0.29) is 11.9 Å². The largest absolute Gasteiger partial charge is 0.335 e. The first-order chi connectivity index (χ1) is 12.1. The minimum atomic E-state index is 0.221. The molecule has 0 N–H and O–H groups in total. The number of thioether (sulfide) groups is 1. The van der Waals surface area contributed by atoms with Crippen molar-refractivity contribution in [2.24, 2.45) is 0 Å². The van der Waals surface area contributed by atoms with Crippen molar-refractivity contribution in [1.29, 1.82) is 0 Å². The second kappa shape index (κ2) is 8.50. The van der Waals surface area contributed by atoms with Gasteiger partial charge in [-0.3, -0.25) is 9.78 Å². The number of carbonyl (C=O) groups excluding carboxylic acids is 1. The average Bonchev–Trinajstić information content (AvgIpc) is 3.10. The lowest BCUT2D eigenvalue weighted by atomic mass is 10.0. The summed E-state index contributed by atoms with van der Waals surface area (Å²) in [5, 5.41) is 0. The number of carbonyl (C=O) groups is 1. The van der Waals surface area contributed by atoms with Crippen LogP contribution in [-0.4, -0.2) is 47.1 Å². The molecule has 25 heavy (non-hydrogen) atoms. The standard InChI is InChI=1S/C20H25N3OS/c1-22(2)14-16-5-7-17(8-6-16)19-4-3-13-23(19)20(24)15-25-18-9-11-21-12-10-18/h5-12,19H,3-4,13-15H2,1-2H3. The molecule has 1 saturated heterocycles. The van der Waals surface area contributed by atoms with E-state index in [0.29, 0.717) is 5.75 Å². The molecule has 3 rings (SSSR count). The van der Waals surface area contributed by atoms with Crippen molar-refractivity contribution >= 4 is 17.7 Å². The highest BCUT2D eigenvalue weighted by Crippen LogP contribution is 2.33. The number of hydrogen-bond donors (Lipinski definition) is 0. The first kappa shape index (κ1) is 18.0. The Hall–Kier alpha value is -1.85. The lowest BCUT2D eigenvalue weighted by Crippen LogP contribution is -2.32. The molecule has 1 aromatic carbocycles. The van der Waals surface area contributed by atoms with Crippen LogP contribution in [0.15, 0.2) is 53.7 Å². The molecule has 1 unspecified atom stereocenters. The maximum absolute atomic E-state index is 12.7. The van der Waals surface area contributed by atoms with Crippen LogP contribution in [0.5, 0.6) is 0 Å². The lowest BCUT2D eigenvalue weighted by molar-refractivity contribution is -0.129. The quantitative estimate of drug-likeness (QED) is 0.742. The number of pyridine rings is 1. The summed E-state index contributed by atoms with van der Waals surface area (Å²) in [4.78, 5) is 22.0. The van der Waals surface area contributed by atoms with Gasteiger partial charge in [-0.05, 0) is 50.2 Å². The van der Waals surface area contributed by atoms with Gasteiger partial charge in [-0.25, -0.2) is 0 Å². The van der Waals surface area contributed by atoms with E-state index in [1.54, 1.807) is 24.2 Å². The summed E-state index contributed by atoms with van der Waals surface area (Å²) >= 11 is 1.59. The number of amides is 1. The van der Waals surface area contributed by atoms with Crippen LogP contribution in [0.3, 0.4) is 0 Å².